The molecule has 2 aliphatic heterocycles. The maximum absolute atomic E-state index is 12.8. The van der Waals surface area contributed by atoms with Crippen molar-refractivity contribution in [3.8, 4) is 5.75 Å². The molecule has 0 radical (unpaired) electrons. The van der Waals surface area contributed by atoms with E-state index in [9.17, 15) is 4.79 Å². The lowest BCUT2D eigenvalue weighted by molar-refractivity contribution is -0.142. The summed E-state index contributed by atoms with van der Waals surface area (Å²) in [5.41, 5.74) is 6.46. The largest absolute Gasteiger partial charge is 0.491 e. The normalized spacial score (nSPS) is 29.5. The van der Waals surface area contributed by atoms with Crippen molar-refractivity contribution in [2.24, 2.45) is 11.1 Å². The van der Waals surface area contributed by atoms with E-state index in [1.807, 2.05) is 36.1 Å². The number of nitrogens with two attached hydrogens (primary N) is 1. The summed E-state index contributed by atoms with van der Waals surface area (Å²) in [5.74, 6) is 0.919. The number of hydrogen-bond donors (Lipinski definition) is 1. The lowest BCUT2D eigenvalue weighted by atomic mass is 9.84. The van der Waals surface area contributed by atoms with Crippen LogP contribution in [0.5, 0.6) is 5.75 Å². The molecular formula is C15H20N2O3. The number of amides is 1. The Kier molecular flexibility index (Phi) is 3.40. The molecule has 1 saturated heterocycles. The zero-order valence-electron chi connectivity index (χ0n) is 11.7. The third-order valence-corrected chi connectivity index (χ3v) is 4.25. The Balaban J connectivity index is 1.83. The van der Waals surface area contributed by atoms with E-state index in [2.05, 4.69) is 0 Å². The SMILES string of the molecule is CC1(C(=O)N2CCOc3ccccc3C2)COCC1N. The van der Waals surface area contributed by atoms with Crippen LogP contribution in [0.15, 0.2) is 24.3 Å². The highest BCUT2D eigenvalue weighted by molar-refractivity contribution is 5.84. The van der Waals surface area contributed by atoms with Crippen LogP contribution in [-0.2, 0) is 16.1 Å². The Morgan fingerprint density at radius 2 is 2.25 bits per heavy atom. The van der Waals surface area contributed by atoms with Crippen molar-refractivity contribution in [2.75, 3.05) is 26.4 Å². The molecule has 2 heterocycles. The van der Waals surface area contributed by atoms with E-state index in [0.29, 0.717) is 32.9 Å². The standard InChI is InChI=1S/C15H20N2O3/c1-15(10-19-9-13(15)16)14(18)17-6-7-20-12-5-3-2-4-11(12)8-17/h2-5,13H,6-10,16H2,1H3. The molecule has 0 aromatic heterocycles. The summed E-state index contributed by atoms with van der Waals surface area (Å²) in [5, 5.41) is 0. The topological polar surface area (TPSA) is 64.8 Å². The second-order valence-corrected chi connectivity index (χ2v) is 5.72. The Labute approximate surface area is 118 Å². The van der Waals surface area contributed by atoms with Gasteiger partial charge >= 0.3 is 0 Å². The third kappa shape index (κ3) is 2.17. The second-order valence-electron chi connectivity index (χ2n) is 5.72. The molecule has 0 bridgehead atoms. The lowest BCUT2D eigenvalue weighted by Crippen LogP contribution is -2.51. The van der Waals surface area contributed by atoms with Gasteiger partial charge in [0.25, 0.3) is 0 Å². The summed E-state index contributed by atoms with van der Waals surface area (Å²) in [4.78, 5) is 14.6. The number of nitrogens with zero attached hydrogens (tertiary/aromatic N) is 1. The van der Waals surface area contributed by atoms with Crippen molar-refractivity contribution < 1.29 is 14.3 Å². The molecule has 2 atom stereocenters. The van der Waals surface area contributed by atoms with Crippen LogP contribution in [0.25, 0.3) is 0 Å². The van der Waals surface area contributed by atoms with Crippen LogP contribution in [0, 0.1) is 5.41 Å². The summed E-state index contributed by atoms with van der Waals surface area (Å²) >= 11 is 0. The van der Waals surface area contributed by atoms with Crippen LogP contribution >= 0.6 is 0 Å². The molecule has 1 amide bonds. The van der Waals surface area contributed by atoms with Gasteiger partial charge in [-0.15, -0.1) is 0 Å². The first-order chi connectivity index (χ1) is 9.61. The molecule has 5 heteroatoms. The van der Waals surface area contributed by atoms with Crippen LogP contribution in [0.2, 0.25) is 0 Å². The second kappa shape index (κ2) is 5.07. The van der Waals surface area contributed by atoms with Crippen molar-refractivity contribution in [3.63, 3.8) is 0 Å². The van der Waals surface area contributed by atoms with E-state index in [-0.39, 0.29) is 11.9 Å². The first-order valence-corrected chi connectivity index (χ1v) is 6.95. The predicted molar refractivity (Wildman–Crippen MR) is 74.3 cm³/mol. The molecule has 2 aliphatic rings. The van der Waals surface area contributed by atoms with Crippen molar-refractivity contribution >= 4 is 5.91 Å². The maximum atomic E-state index is 12.8. The summed E-state index contributed by atoms with van der Waals surface area (Å²) in [6.07, 6.45) is 0. The molecule has 0 aliphatic carbocycles. The molecule has 3 rings (SSSR count). The van der Waals surface area contributed by atoms with E-state index in [4.69, 9.17) is 15.2 Å². The van der Waals surface area contributed by atoms with Crippen LogP contribution < -0.4 is 10.5 Å². The van der Waals surface area contributed by atoms with Gasteiger partial charge < -0.3 is 20.1 Å². The molecule has 2 N–H and O–H groups in total. The molecule has 2 unspecified atom stereocenters. The fourth-order valence-corrected chi connectivity index (χ4v) is 2.77. The average Bonchev–Trinajstić information content (AvgIpc) is 2.68. The zero-order chi connectivity index (χ0) is 14.2. The van der Waals surface area contributed by atoms with Gasteiger partial charge in [0.1, 0.15) is 12.4 Å². The van der Waals surface area contributed by atoms with Crippen molar-refractivity contribution in [1.29, 1.82) is 0 Å². The zero-order valence-corrected chi connectivity index (χ0v) is 11.7. The lowest BCUT2D eigenvalue weighted by Gasteiger charge is -2.32. The van der Waals surface area contributed by atoms with Crippen molar-refractivity contribution in [3.05, 3.63) is 29.8 Å². The smallest absolute Gasteiger partial charge is 0.232 e. The molecule has 1 fully saturated rings. The van der Waals surface area contributed by atoms with Gasteiger partial charge in [-0.25, -0.2) is 0 Å². The average molecular weight is 276 g/mol. The number of carbonyl (C=O) groups excluding carboxylic acids is 1. The van der Waals surface area contributed by atoms with Gasteiger partial charge in [-0.2, -0.15) is 0 Å². The number of hydrogen-bond acceptors (Lipinski definition) is 4. The van der Waals surface area contributed by atoms with E-state index in [0.717, 1.165) is 11.3 Å². The number of ether oxygens (including phenoxy) is 2. The van der Waals surface area contributed by atoms with Gasteiger partial charge in [-0.05, 0) is 13.0 Å². The number of carbonyl (C=O) groups is 1. The summed E-state index contributed by atoms with van der Waals surface area (Å²) in [6.45, 7) is 4.39. The molecular weight excluding hydrogens is 256 g/mol. The highest BCUT2D eigenvalue weighted by atomic mass is 16.5. The van der Waals surface area contributed by atoms with E-state index < -0.39 is 5.41 Å². The predicted octanol–water partition coefficient (Wildman–Crippen LogP) is 0.771. The first kappa shape index (κ1) is 13.4. The molecule has 20 heavy (non-hydrogen) atoms. The number of para-hydroxylation sites is 1. The monoisotopic (exact) mass is 276 g/mol. The fraction of sp³-hybridized carbons (Fsp3) is 0.533. The summed E-state index contributed by atoms with van der Waals surface area (Å²) in [7, 11) is 0. The molecule has 0 saturated carbocycles. The molecule has 0 spiro atoms. The summed E-state index contributed by atoms with van der Waals surface area (Å²) in [6, 6.07) is 7.60. The fourth-order valence-electron chi connectivity index (χ4n) is 2.77. The number of rotatable bonds is 1. The maximum Gasteiger partial charge on any atom is 0.232 e. The first-order valence-electron chi connectivity index (χ1n) is 6.95. The van der Waals surface area contributed by atoms with E-state index in [1.165, 1.54) is 0 Å². The number of fused-ring (bicyclic) bond motifs is 1. The highest BCUT2D eigenvalue weighted by Crippen LogP contribution is 2.31. The van der Waals surface area contributed by atoms with Gasteiger partial charge in [0.15, 0.2) is 0 Å². The molecule has 5 nitrogen and oxygen atoms in total. The Morgan fingerprint density at radius 1 is 1.45 bits per heavy atom. The van der Waals surface area contributed by atoms with Crippen LogP contribution in [0.1, 0.15) is 12.5 Å². The van der Waals surface area contributed by atoms with Gasteiger partial charge in [-0.1, -0.05) is 18.2 Å². The minimum Gasteiger partial charge on any atom is -0.491 e. The Bertz CT molecular complexity index is 520. The highest BCUT2D eigenvalue weighted by Gasteiger charge is 2.46. The Morgan fingerprint density at radius 3 is 3.00 bits per heavy atom. The minimum absolute atomic E-state index is 0.0582. The van der Waals surface area contributed by atoms with Crippen LogP contribution in [-0.4, -0.2) is 43.2 Å². The van der Waals surface area contributed by atoms with Crippen molar-refractivity contribution in [1.82, 2.24) is 4.90 Å². The van der Waals surface area contributed by atoms with Gasteiger partial charge in [0.2, 0.25) is 5.91 Å². The van der Waals surface area contributed by atoms with Crippen LogP contribution in [0.3, 0.4) is 0 Å². The van der Waals surface area contributed by atoms with E-state index in [1.54, 1.807) is 0 Å². The van der Waals surface area contributed by atoms with E-state index >= 15 is 0 Å². The van der Waals surface area contributed by atoms with Gasteiger partial charge in [0, 0.05) is 18.2 Å². The molecule has 1 aromatic rings. The van der Waals surface area contributed by atoms with Crippen molar-refractivity contribution in [2.45, 2.75) is 19.5 Å². The molecule has 108 valence electrons. The van der Waals surface area contributed by atoms with Gasteiger partial charge in [0.05, 0.1) is 25.2 Å². The quantitative estimate of drug-likeness (QED) is 0.823. The number of benzene rings is 1. The Hall–Kier alpha value is -1.59. The minimum atomic E-state index is -0.626. The van der Waals surface area contributed by atoms with Gasteiger partial charge in [-0.3, -0.25) is 4.79 Å². The summed E-state index contributed by atoms with van der Waals surface area (Å²) < 4.78 is 11.1. The molecule has 1 aromatic carbocycles. The van der Waals surface area contributed by atoms with Crippen LogP contribution in [0.4, 0.5) is 0 Å². The third-order valence-electron chi connectivity index (χ3n) is 4.25.